The van der Waals surface area contributed by atoms with Gasteiger partial charge in [0.05, 0.1) is 0 Å². The van der Waals surface area contributed by atoms with Gasteiger partial charge in [-0.3, -0.25) is 4.79 Å². The number of amides is 1. The van der Waals surface area contributed by atoms with Crippen LogP contribution in [-0.2, 0) is 4.79 Å². The Kier molecular flexibility index (Phi) is 7.26. The first kappa shape index (κ1) is 24.9. The number of nitrogens with zero attached hydrogens (tertiary/aromatic N) is 2. The molecule has 9 nitrogen and oxygen atoms in total. The molecule has 0 bridgehead atoms. The summed E-state index contributed by atoms with van der Waals surface area (Å²) in [5.41, 5.74) is 0.699. The van der Waals surface area contributed by atoms with E-state index in [2.05, 4.69) is 46.7 Å². The van der Waals surface area contributed by atoms with Crippen molar-refractivity contribution in [3.05, 3.63) is 50.9 Å². The summed E-state index contributed by atoms with van der Waals surface area (Å²) in [6, 6.07) is 6.97. The monoisotopic (exact) mass is 538 g/mol. The quantitative estimate of drug-likeness (QED) is 0.295. The van der Waals surface area contributed by atoms with Gasteiger partial charge < -0.3 is 0 Å². The minimum atomic E-state index is -0.510. The Morgan fingerprint density at radius 3 is 2.51 bits per heavy atom. The van der Waals surface area contributed by atoms with Gasteiger partial charge in [0.2, 0.25) is 5.91 Å². The fourth-order valence-electron chi connectivity index (χ4n) is 3.98. The topological polar surface area (TPSA) is 122 Å². The van der Waals surface area contributed by atoms with E-state index in [0.29, 0.717) is 38.9 Å². The Morgan fingerprint density at radius 2 is 1.83 bits per heavy atom. The normalized spacial score (nSPS) is 14.5. The van der Waals surface area contributed by atoms with E-state index in [1.165, 1.54) is 0 Å². The molecular weight excluding hydrogens is 509 g/mol. The fraction of sp³-hybridized carbons (Fsp3) is 0.400. The number of carbonyl (C=O) groups excluding carboxylic acids is 1. The van der Waals surface area contributed by atoms with Crippen molar-refractivity contribution < 1.29 is 9.53 Å². The summed E-state index contributed by atoms with van der Waals surface area (Å²) in [6.45, 7) is 6.16. The van der Waals surface area contributed by atoms with Crippen molar-refractivity contribution >= 4 is 54.8 Å². The third kappa shape index (κ3) is 5.90. The minimum absolute atomic E-state index is 0.0349. The molecule has 1 aromatic heterocycles. The van der Waals surface area contributed by atoms with Crippen molar-refractivity contribution in [1.82, 2.24) is 9.97 Å². The number of rotatable bonds is 8. The summed E-state index contributed by atoms with van der Waals surface area (Å²) in [5.74, 6) is 1.33. The van der Waals surface area contributed by atoms with E-state index in [0.717, 1.165) is 25.7 Å². The van der Waals surface area contributed by atoms with Crippen LogP contribution >= 0.6 is 0 Å². The third-order valence-electron chi connectivity index (χ3n) is 5.68. The summed E-state index contributed by atoms with van der Waals surface area (Å²) < 4.78 is 6.05. The molecule has 1 fully saturated rings. The Morgan fingerprint density at radius 1 is 1.09 bits per heavy atom. The predicted molar refractivity (Wildman–Crippen MR) is 139 cm³/mol. The maximum atomic E-state index is 12.4. The van der Waals surface area contributed by atoms with Crippen molar-refractivity contribution in [3.8, 4) is 5.75 Å². The van der Waals surface area contributed by atoms with E-state index in [1.54, 1.807) is 37.6 Å². The summed E-state index contributed by atoms with van der Waals surface area (Å²) in [7, 11) is 1.55. The molecule has 1 aliphatic rings. The molecule has 1 radical (unpaired) electrons. The van der Waals surface area contributed by atoms with E-state index in [9.17, 15) is 14.4 Å². The standard InChI is InChI=1S/C25H29AsN5O4/c1-25(2,3)26-19-20(22(33)21(19)32)30-18-11-12-27-24(31-18)29-16-10-9-15(13-17(16)35-4)28-23(34)14-7-5-6-8-14/h9-14H,5-8H2,1-4H3,(H,28,34)(H2,27,29,30,31). The van der Waals surface area contributed by atoms with Crippen molar-refractivity contribution in [2.45, 2.75) is 50.7 Å². The molecule has 0 aliphatic heterocycles. The zero-order valence-corrected chi connectivity index (χ0v) is 22.1. The first-order chi connectivity index (χ1) is 16.6. The third-order valence-corrected chi connectivity index (χ3v) is 8.45. The van der Waals surface area contributed by atoms with Gasteiger partial charge in [-0.2, -0.15) is 0 Å². The average molecular weight is 538 g/mol. The summed E-state index contributed by atoms with van der Waals surface area (Å²) in [4.78, 5) is 45.4. The van der Waals surface area contributed by atoms with Gasteiger partial charge in [-0.25, -0.2) is 0 Å². The molecule has 4 rings (SSSR count). The molecule has 183 valence electrons. The molecule has 1 aliphatic carbocycles. The van der Waals surface area contributed by atoms with E-state index in [1.807, 2.05) is 0 Å². The second kappa shape index (κ2) is 10.2. The average Bonchev–Trinajstić information content (AvgIpc) is 3.37. The Bertz CT molecular complexity index is 1300. The van der Waals surface area contributed by atoms with Crippen LogP contribution in [0.5, 0.6) is 5.75 Å². The number of hydrogen-bond donors (Lipinski definition) is 3. The van der Waals surface area contributed by atoms with Crippen molar-refractivity contribution in [2.75, 3.05) is 23.1 Å². The van der Waals surface area contributed by atoms with Crippen LogP contribution in [0.25, 0.3) is 0 Å². The Balaban J connectivity index is 1.48. The number of nitrogens with one attached hydrogen (secondary N) is 3. The molecule has 0 spiro atoms. The number of hydrogen-bond acceptors (Lipinski definition) is 8. The van der Waals surface area contributed by atoms with Gasteiger partial charge >= 0.3 is 168 Å². The second-order valence-electron chi connectivity index (χ2n) is 9.57. The van der Waals surface area contributed by atoms with Crippen LogP contribution in [0, 0.1) is 5.92 Å². The molecular formula is C25H29AsN5O4. The molecule has 1 heterocycles. The Labute approximate surface area is 210 Å². The second-order valence-corrected chi connectivity index (χ2v) is 13.8. The summed E-state index contributed by atoms with van der Waals surface area (Å²) in [5, 5.41) is 9.09. The van der Waals surface area contributed by atoms with E-state index >= 15 is 0 Å². The van der Waals surface area contributed by atoms with Crippen LogP contribution in [0.1, 0.15) is 46.5 Å². The van der Waals surface area contributed by atoms with Gasteiger partial charge in [0.1, 0.15) is 0 Å². The van der Waals surface area contributed by atoms with Crippen LogP contribution in [0.2, 0.25) is 4.20 Å². The molecule has 3 N–H and O–H groups in total. The van der Waals surface area contributed by atoms with Gasteiger partial charge in [0.25, 0.3) is 0 Å². The molecule has 35 heavy (non-hydrogen) atoms. The molecule has 1 saturated carbocycles. The molecule has 10 heteroatoms. The number of aromatic nitrogens is 2. The number of anilines is 5. The van der Waals surface area contributed by atoms with Gasteiger partial charge in [-0.1, -0.05) is 12.8 Å². The van der Waals surface area contributed by atoms with E-state index in [-0.39, 0.29) is 16.0 Å². The first-order valence-electron chi connectivity index (χ1n) is 11.6. The van der Waals surface area contributed by atoms with Gasteiger partial charge in [-0.15, -0.1) is 0 Å². The zero-order chi connectivity index (χ0) is 25.2. The number of carbonyl (C=O) groups is 1. The number of methoxy groups -OCH3 is 1. The predicted octanol–water partition coefficient (Wildman–Crippen LogP) is 3.25. The fourth-order valence-corrected chi connectivity index (χ4v) is 6.38. The zero-order valence-electron chi connectivity index (χ0n) is 20.3. The molecule has 1 amide bonds. The molecule has 0 atom stereocenters. The van der Waals surface area contributed by atoms with E-state index < -0.39 is 26.6 Å². The van der Waals surface area contributed by atoms with Gasteiger partial charge in [0.15, 0.2) is 0 Å². The summed E-state index contributed by atoms with van der Waals surface area (Å²) >= 11 is -0.462. The van der Waals surface area contributed by atoms with Crippen molar-refractivity contribution in [3.63, 3.8) is 0 Å². The van der Waals surface area contributed by atoms with Crippen LogP contribution in [0.15, 0.2) is 40.1 Å². The molecule has 3 aromatic rings. The van der Waals surface area contributed by atoms with Crippen molar-refractivity contribution in [2.24, 2.45) is 5.92 Å². The Hall–Kier alpha value is -3.19. The maximum absolute atomic E-state index is 12.4. The van der Waals surface area contributed by atoms with Crippen LogP contribution in [0.3, 0.4) is 0 Å². The van der Waals surface area contributed by atoms with E-state index in [4.69, 9.17) is 4.74 Å². The molecule has 2 aromatic carbocycles. The van der Waals surface area contributed by atoms with Crippen LogP contribution in [0.4, 0.5) is 28.8 Å². The summed E-state index contributed by atoms with van der Waals surface area (Å²) in [6.07, 6.45) is 5.61. The van der Waals surface area contributed by atoms with Gasteiger partial charge in [0, 0.05) is 5.92 Å². The van der Waals surface area contributed by atoms with Crippen LogP contribution in [-0.4, -0.2) is 38.7 Å². The number of ether oxygens (including phenoxy) is 1. The molecule has 0 unspecified atom stereocenters. The number of benzene rings is 1. The SMILES string of the molecule is COc1cc(NC(=O)C2CCCC2)ccc1Nc1nccc(Nc2c([As]C(C)(C)C)c(=O)c2=O)n1. The van der Waals surface area contributed by atoms with Crippen LogP contribution < -0.4 is 35.9 Å². The molecule has 0 saturated heterocycles. The van der Waals surface area contributed by atoms with Crippen molar-refractivity contribution in [1.29, 1.82) is 0 Å². The van der Waals surface area contributed by atoms with Gasteiger partial charge in [-0.05, 0) is 12.8 Å². The first-order valence-corrected chi connectivity index (χ1v) is 13.4.